The molecule has 1 amide bonds. The summed E-state index contributed by atoms with van der Waals surface area (Å²) < 4.78 is 31.1. The minimum absolute atomic E-state index is 0.0612. The fourth-order valence-electron chi connectivity index (χ4n) is 4.72. The van der Waals surface area contributed by atoms with Gasteiger partial charge < -0.3 is 26.2 Å². The normalized spacial score (nSPS) is 22.6. The number of Topliss-reactive ketones (excluding diaryl/α,β-unsaturated/α-hetero) is 1. The third-order valence-corrected chi connectivity index (χ3v) is 8.61. The second-order valence-electron chi connectivity index (χ2n) is 10.3. The zero-order valence-electron chi connectivity index (χ0n) is 22.8. The predicted octanol–water partition coefficient (Wildman–Crippen LogP) is 1.98. The Morgan fingerprint density at radius 3 is 2.49 bits per heavy atom. The van der Waals surface area contributed by atoms with E-state index in [0.29, 0.717) is 32.5 Å². The molecule has 5 N–H and O–H groups in total. The quantitative estimate of drug-likeness (QED) is 0.299. The Morgan fingerprint density at radius 2 is 1.85 bits per heavy atom. The number of nitrogens with two attached hydrogens (primary N) is 1. The van der Waals surface area contributed by atoms with Crippen molar-refractivity contribution in [1.29, 1.82) is 0 Å². The number of hydrogen-bond donors (Lipinski definition) is 4. The maximum absolute atomic E-state index is 13.1. The van der Waals surface area contributed by atoms with Crippen LogP contribution in [-0.2, 0) is 30.6 Å². The van der Waals surface area contributed by atoms with Crippen LogP contribution >= 0.6 is 0 Å². The number of aryl methyl sites for hydroxylation is 1. The molecular formula is C31H37N3O6S. The molecule has 4 atom stereocenters. The summed E-state index contributed by atoms with van der Waals surface area (Å²) >= 11 is 0. The molecule has 1 heterocycles. The molecule has 218 valence electrons. The molecule has 9 nitrogen and oxygen atoms in total. The lowest BCUT2D eigenvalue weighted by Crippen LogP contribution is -2.52. The lowest BCUT2D eigenvalue weighted by atomic mass is 9.84. The Bertz CT molecular complexity index is 1390. The van der Waals surface area contributed by atoms with Gasteiger partial charge in [0.2, 0.25) is 5.91 Å². The van der Waals surface area contributed by atoms with Gasteiger partial charge in [-0.3, -0.25) is 9.59 Å². The van der Waals surface area contributed by atoms with Crippen molar-refractivity contribution >= 4 is 21.5 Å². The fraction of sp³-hybridized carbons (Fsp3) is 0.355. The number of allylic oxidation sites excluding steroid dienone is 1. The van der Waals surface area contributed by atoms with Crippen LogP contribution in [0.25, 0.3) is 0 Å². The van der Waals surface area contributed by atoms with E-state index in [1.165, 1.54) is 24.3 Å². The van der Waals surface area contributed by atoms with E-state index < -0.39 is 45.3 Å². The van der Waals surface area contributed by atoms with Crippen LogP contribution in [0.2, 0.25) is 0 Å². The van der Waals surface area contributed by atoms with E-state index in [0.717, 1.165) is 16.5 Å². The summed E-state index contributed by atoms with van der Waals surface area (Å²) in [6, 6.07) is 16.3. The first-order chi connectivity index (χ1) is 19.7. The molecule has 2 aliphatic rings. The van der Waals surface area contributed by atoms with E-state index in [-0.39, 0.29) is 17.7 Å². The van der Waals surface area contributed by atoms with Crippen LogP contribution in [0.5, 0.6) is 0 Å². The number of rotatable bonds is 12. The molecule has 1 aliphatic carbocycles. The molecule has 0 spiro atoms. The average molecular weight is 580 g/mol. The van der Waals surface area contributed by atoms with Crippen LogP contribution in [0.3, 0.4) is 0 Å². The number of morpholine rings is 1. The van der Waals surface area contributed by atoms with Crippen LogP contribution < -0.4 is 16.4 Å². The van der Waals surface area contributed by atoms with Crippen molar-refractivity contribution in [3.63, 3.8) is 0 Å². The van der Waals surface area contributed by atoms with Crippen LogP contribution in [-0.4, -0.2) is 68.7 Å². The van der Waals surface area contributed by atoms with Crippen molar-refractivity contribution in [3.8, 4) is 0 Å². The lowest BCUT2D eigenvalue weighted by molar-refractivity contribution is -0.146. The number of benzene rings is 2. The molecule has 2 unspecified atom stereocenters. The van der Waals surface area contributed by atoms with E-state index in [1.807, 2.05) is 30.3 Å². The molecule has 41 heavy (non-hydrogen) atoms. The Kier molecular flexibility index (Phi) is 10.4. The predicted molar refractivity (Wildman–Crippen MR) is 156 cm³/mol. The minimum Gasteiger partial charge on any atom is -0.377 e. The van der Waals surface area contributed by atoms with Gasteiger partial charge in [0.05, 0.1) is 17.5 Å². The van der Waals surface area contributed by atoms with Crippen LogP contribution in [0.15, 0.2) is 101 Å². The van der Waals surface area contributed by atoms with Crippen LogP contribution in [0.4, 0.5) is 0 Å². The third-order valence-electron chi connectivity index (χ3n) is 7.16. The van der Waals surface area contributed by atoms with Crippen molar-refractivity contribution in [2.75, 3.05) is 19.7 Å². The van der Waals surface area contributed by atoms with Gasteiger partial charge in [0, 0.05) is 31.0 Å². The summed E-state index contributed by atoms with van der Waals surface area (Å²) in [4.78, 5) is 26.0. The summed E-state index contributed by atoms with van der Waals surface area (Å²) in [5.74, 6) is -0.838. The van der Waals surface area contributed by atoms with Gasteiger partial charge in [-0.2, -0.15) is 0 Å². The first-order valence-corrected chi connectivity index (χ1v) is 15.3. The second-order valence-corrected chi connectivity index (χ2v) is 12.1. The minimum atomic E-state index is -3.69. The lowest BCUT2D eigenvalue weighted by Gasteiger charge is -2.31. The molecule has 0 aromatic heterocycles. The molecule has 0 bridgehead atoms. The van der Waals surface area contributed by atoms with E-state index in [9.17, 15) is 23.1 Å². The van der Waals surface area contributed by atoms with E-state index >= 15 is 0 Å². The molecular weight excluding hydrogens is 542 g/mol. The van der Waals surface area contributed by atoms with E-state index in [4.69, 9.17) is 10.5 Å². The van der Waals surface area contributed by atoms with Gasteiger partial charge in [0.1, 0.15) is 11.7 Å². The first-order valence-electron chi connectivity index (χ1n) is 13.7. The Morgan fingerprint density at radius 1 is 1.15 bits per heavy atom. The van der Waals surface area contributed by atoms with E-state index in [1.54, 1.807) is 30.4 Å². The van der Waals surface area contributed by atoms with Crippen molar-refractivity contribution in [2.45, 2.75) is 54.4 Å². The third kappa shape index (κ3) is 8.54. The number of ether oxygens (including phenoxy) is 1. The molecule has 1 saturated heterocycles. The largest absolute Gasteiger partial charge is 0.377 e. The SMILES string of the molecule is N[C@@H](CC1=CCC(O)(C(=O)C2CNCCO2)C=C1)C(=O)N[C@H](C=CS(=O)(=O)c1ccccc1)CCc1ccccc1. The van der Waals surface area contributed by atoms with E-state index in [2.05, 4.69) is 10.6 Å². The number of nitrogens with one attached hydrogen (secondary N) is 2. The van der Waals surface area contributed by atoms with Gasteiger partial charge in [-0.15, -0.1) is 0 Å². The topological polar surface area (TPSA) is 148 Å². The highest BCUT2D eigenvalue weighted by Crippen LogP contribution is 2.26. The van der Waals surface area contributed by atoms with Gasteiger partial charge in [-0.05, 0) is 43.0 Å². The van der Waals surface area contributed by atoms with Crippen molar-refractivity contribution < 1.29 is 27.9 Å². The smallest absolute Gasteiger partial charge is 0.237 e. The standard InChI is InChI=1S/C31H37N3O6S/c32-27(21-24-13-16-31(37,17-14-24)29(35)28-22-33-18-19-40-28)30(36)34-25(12-11-23-7-3-1-4-8-23)15-20-41(38,39)26-9-5-2-6-10-26/h1-10,13-16,20,25,27-28,33,37H,11-12,17-19,21-22,32H2,(H,34,36)/t25-,27-,28?,31?/m0/s1. The average Bonchev–Trinajstić information content (AvgIpc) is 3.00. The summed E-state index contributed by atoms with van der Waals surface area (Å²) in [6.45, 7) is 1.41. The number of sulfone groups is 1. The Labute approximate surface area is 241 Å². The summed E-state index contributed by atoms with van der Waals surface area (Å²) in [5.41, 5.74) is 6.34. The molecule has 4 rings (SSSR count). The first kappa shape index (κ1) is 30.5. The van der Waals surface area contributed by atoms with Gasteiger partial charge >= 0.3 is 0 Å². The molecule has 1 aliphatic heterocycles. The Hall–Kier alpha value is -3.41. The van der Waals surface area contributed by atoms with Gasteiger partial charge in [0.15, 0.2) is 15.6 Å². The number of aliphatic hydroxyl groups is 1. The summed E-state index contributed by atoms with van der Waals surface area (Å²) in [5, 5.41) is 18.0. The number of hydrogen-bond acceptors (Lipinski definition) is 8. The maximum Gasteiger partial charge on any atom is 0.237 e. The number of amides is 1. The highest BCUT2D eigenvalue weighted by molar-refractivity contribution is 7.94. The molecule has 0 saturated carbocycles. The molecule has 2 aromatic rings. The monoisotopic (exact) mass is 579 g/mol. The number of carbonyl (C=O) groups is 2. The van der Waals surface area contributed by atoms with Gasteiger partial charge in [0.25, 0.3) is 0 Å². The molecule has 1 fully saturated rings. The molecule has 0 radical (unpaired) electrons. The van der Waals surface area contributed by atoms with Gasteiger partial charge in [-0.25, -0.2) is 8.42 Å². The molecule has 10 heteroatoms. The maximum atomic E-state index is 13.1. The number of carbonyl (C=O) groups excluding carboxylic acids is 2. The van der Waals surface area contributed by atoms with Gasteiger partial charge in [-0.1, -0.05) is 72.3 Å². The molecule has 2 aromatic carbocycles. The summed E-state index contributed by atoms with van der Waals surface area (Å²) in [7, 11) is -3.69. The highest BCUT2D eigenvalue weighted by Gasteiger charge is 2.39. The van der Waals surface area contributed by atoms with Crippen molar-refractivity contribution in [2.24, 2.45) is 5.73 Å². The summed E-state index contributed by atoms with van der Waals surface area (Å²) in [6.07, 6.45) is 6.88. The van der Waals surface area contributed by atoms with Crippen LogP contribution in [0.1, 0.15) is 24.8 Å². The fourth-order valence-corrected chi connectivity index (χ4v) is 5.81. The number of ketones is 1. The zero-order chi connectivity index (χ0) is 29.3. The highest BCUT2D eigenvalue weighted by atomic mass is 32.2. The van der Waals surface area contributed by atoms with Crippen molar-refractivity contribution in [3.05, 3.63) is 102 Å². The van der Waals surface area contributed by atoms with Crippen molar-refractivity contribution in [1.82, 2.24) is 10.6 Å². The van der Waals surface area contributed by atoms with Crippen LogP contribution in [0, 0.1) is 0 Å². The Balaban J connectivity index is 1.38. The zero-order valence-corrected chi connectivity index (χ0v) is 23.6. The second kappa shape index (κ2) is 14.0.